The number of unbranched alkanes of at least 4 members (excludes halogenated alkanes) is 6. The third kappa shape index (κ3) is 17.2. The molecule has 5 nitrogen and oxygen atoms in total. The van der Waals surface area contributed by atoms with Gasteiger partial charge < -0.3 is 21.4 Å². The van der Waals surface area contributed by atoms with Crippen molar-refractivity contribution in [2.75, 3.05) is 11.5 Å². The van der Waals surface area contributed by atoms with Crippen molar-refractivity contribution < 1.29 is 20.5 Å². The summed E-state index contributed by atoms with van der Waals surface area (Å²) in [7, 11) is 0. The van der Waals surface area contributed by atoms with Crippen molar-refractivity contribution in [2.45, 2.75) is 88.6 Å². The van der Waals surface area contributed by atoms with Crippen molar-refractivity contribution in [1.29, 1.82) is 0 Å². The Balaban J connectivity index is 0.000000607. The average molecular weight is 478 g/mol. The van der Waals surface area contributed by atoms with Gasteiger partial charge in [0, 0.05) is 22.8 Å². The number of para-hydroxylation sites is 1. The van der Waals surface area contributed by atoms with Crippen LogP contribution in [0.15, 0.2) is 59.5 Å². The van der Waals surface area contributed by atoms with Crippen LogP contribution in [0.1, 0.15) is 76.7 Å². The minimum absolute atomic E-state index is 0. The molecule has 2 rings (SSSR count). The molecule has 0 spiro atoms. The van der Waals surface area contributed by atoms with Gasteiger partial charge in [0.2, 0.25) is 0 Å². The number of thioether (sulfide) groups is 1. The number of aliphatic hydroxyl groups is 1. The summed E-state index contributed by atoms with van der Waals surface area (Å²) in [5.41, 5.74) is 7.96. The van der Waals surface area contributed by atoms with E-state index in [0.717, 1.165) is 4.90 Å². The molecule has 1 unspecified atom stereocenters. The van der Waals surface area contributed by atoms with Crippen LogP contribution in [-0.4, -0.2) is 33.5 Å². The van der Waals surface area contributed by atoms with Gasteiger partial charge in [-0.25, -0.2) is 0 Å². The Morgan fingerprint density at radius 2 is 1.52 bits per heavy atom. The maximum atomic E-state index is 10.3. The predicted octanol–water partition coefficient (Wildman–Crippen LogP) is 6.13. The Kier molecular flexibility index (Phi) is 19.3. The highest BCUT2D eigenvalue weighted by Crippen LogP contribution is 2.25. The third-order valence-corrected chi connectivity index (χ3v) is 6.42. The molecular weight excluding hydrogens is 434 g/mol. The molecule has 0 fully saturated rings. The number of aryl methyl sites for hydroxylation is 1. The number of hydrogen-bond acceptors (Lipinski definition) is 4. The van der Waals surface area contributed by atoms with Gasteiger partial charge >= 0.3 is 5.97 Å². The van der Waals surface area contributed by atoms with Crippen molar-refractivity contribution in [3.63, 3.8) is 0 Å². The highest BCUT2D eigenvalue weighted by molar-refractivity contribution is 7.99. The summed E-state index contributed by atoms with van der Waals surface area (Å²) in [6.07, 6.45) is 11.7. The van der Waals surface area contributed by atoms with Crippen LogP contribution in [0.25, 0.3) is 0 Å². The SMILES string of the molecule is CCCCCCCCCc1ccccc1.Nc1ccccc1SCC(O)CCCC(=O)O.O. The highest BCUT2D eigenvalue weighted by Gasteiger charge is 2.07. The summed E-state index contributed by atoms with van der Waals surface area (Å²) in [4.78, 5) is 11.3. The van der Waals surface area contributed by atoms with E-state index in [4.69, 9.17) is 10.8 Å². The van der Waals surface area contributed by atoms with Crippen LogP contribution in [0.4, 0.5) is 5.69 Å². The number of carbonyl (C=O) groups is 1. The molecule has 0 heterocycles. The van der Waals surface area contributed by atoms with Crippen molar-refractivity contribution >= 4 is 23.4 Å². The van der Waals surface area contributed by atoms with Crippen LogP contribution in [-0.2, 0) is 11.2 Å². The fourth-order valence-corrected chi connectivity index (χ4v) is 4.25. The molecule has 0 aromatic heterocycles. The van der Waals surface area contributed by atoms with Crippen LogP contribution in [0.3, 0.4) is 0 Å². The number of aliphatic hydroxyl groups excluding tert-OH is 1. The number of nitrogens with two attached hydrogens (primary N) is 1. The maximum Gasteiger partial charge on any atom is 0.303 e. The normalized spacial score (nSPS) is 11.1. The van der Waals surface area contributed by atoms with Gasteiger partial charge in [-0.15, -0.1) is 11.8 Å². The van der Waals surface area contributed by atoms with E-state index < -0.39 is 12.1 Å². The number of rotatable bonds is 15. The largest absolute Gasteiger partial charge is 0.481 e. The summed E-state index contributed by atoms with van der Waals surface area (Å²) in [5, 5.41) is 18.1. The Morgan fingerprint density at radius 3 is 2.15 bits per heavy atom. The number of hydrogen-bond donors (Lipinski definition) is 3. The standard InChI is InChI=1S/C15H24.C12H17NO3S.H2O/c1-2-3-4-5-6-7-9-12-15-13-10-8-11-14-15;13-10-5-1-2-6-11(10)17-8-9(14)4-3-7-12(15)16;/h8,10-11,13-14H,2-7,9,12H2,1H3;1-2,5-6,9,14H,3-4,7-8,13H2,(H,15,16);1H2. The van der Waals surface area contributed by atoms with Crippen molar-refractivity contribution in [2.24, 2.45) is 0 Å². The van der Waals surface area contributed by atoms with E-state index in [1.807, 2.05) is 24.3 Å². The molecule has 2 aromatic carbocycles. The lowest BCUT2D eigenvalue weighted by atomic mass is 10.0. The van der Waals surface area contributed by atoms with Gasteiger partial charge in [0.15, 0.2) is 0 Å². The molecule has 0 aliphatic heterocycles. The van der Waals surface area contributed by atoms with E-state index in [1.165, 1.54) is 68.7 Å². The van der Waals surface area contributed by atoms with Crippen LogP contribution in [0.2, 0.25) is 0 Å². The van der Waals surface area contributed by atoms with Gasteiger partial charge in [-0.2, -0.15) is 0 Å². The molecule has 0 radical (unpaired) electrons. The number of anilines is 1. The van der Waals surface area contributed by atoms with Crippen molar-refractivity contribution in [3.8, 4) is 0 Å². The molecule has 0 saturated carbocycles. The second-order valence-corrected chi connectivity index (χ2v) is 9.21. The zero-order chi connectivity index (χ0) is 23.4. The minimum Gasteiger partial charge on any atom is -0.481 e. The van der Waals surface area contributed by atoms with Gasteiger partial charge in [0.25, 0.3) is 0 Å². The smallest absolute Gasteiger partial charge is 0.303 e. The molecule has 0 aliphatic carbocycles. The lowest BCUT2D eigenvalue weighted by molar-refractivity contribution is -0.137. The summed E-state index contributed by atoms with van der Waals surface area (Å²) in [6, 6.07) is 18.3. The second-order valence-electron chi connectivity index (χ2n) is 8.15. The Labute approximate surface area is 204 Å². The van der Waals surface area contributed by atoms with Gasteiger partial charge in [0.05, 0.1) is 6.10 Å². The minimum atomic E-state index is -0.822. The first-order chi connectivity index (χ1) is 15.5. The Bertz CT molecular complexity index is 727. The molecule has 1 atom stereocenters. The zero-order valence-electron chi connectivity index (χ0n) is 20.0. The predicted molar refractivity (Wildman–Crippen MR) is 141 cm³/mol. The van der Waals surface area contributed by atoms with Crippen molar-refractivity contribution in [1.82, 2.24) is 0 Å². The molecule has 2 aromatic rings. The summed E-state index contributed by atoms with van der Waals surface area (Å²) >= 11 is 1.49. The number of benzene rings is 2. The first kappa shape index (κ1) is 31.0. The molecule has 6 N–H and O–H groups in total. The van der Waals surface area contributed by atoms with E-state index in [9.17, 15) is 9.90 Å². The van der Waals surface area contributed by atoms with Gasteiger partial charge in [-0.3, -0.25) is 4.79 Å². The number of nitrogen functional groups attached to an aromatic ring is 1. The topological polar surface area (TPSA) is 115 Å². The van der Waals surface area contributed by atoms with Crippen LogP contribution in [0, 0.1) is 0 Å². The van der Waals surface area contributed by atoms with Gasteiger partial charge in [-0.1, -0.05) is 87.9 Å². The quantitative estimate of drug-likeness (QED) is 0.162. The molecule has 0 bridgehead atoms. The maximum absolute atomic E-state index is 10.3. The monoisotopic (exact) mass is 477 g/mol. The van der Waals surface area contributed by atoms with E-state index >= 15 is 0 Å². The van der Waals surface area contributed by atoms with Crippen molar-refractivity contribution in [3.05, 3.63) is 60.2 Å². The number of carboxylic acid groups (broad SMARTS) is 1. The average Bonchev–Trinajstić information content (AvgIpc) is 2.79. The summed E-state index contributed by atoms with van der Waals surface area (Å²) in [5.74, 6) is -0.287. The lowest BCUT2D eigenvalue weighted by Gasteiger charge is -2.10. The lowest BCUT2D eigenvalue weighted by Crippen LogP contribution is -2.10. The van der Waals surface area contributed by atoms with E-state index in [2.05, 4.69) is 37.3 Å². The third-order valence-electron chi connectivity index (χ3n) is 5.19. The summed E-state index contributed by atoms with van der Waals surface area (Å²) < 4.78 is 0. The number of carboxylic acids is 1. The van der Waals surface area contributed by atoms with Crippen LogP contribution >= 0.6 is 11.8 Å². The molecule has 33 heavy (non-hydrogen) atoms. The Hall–Kier alpha value is -2.02. The highest BCUT2D eigenvalue weighted by atomic mass is 32.2. The summed E-state index contributed by atoms with van der Waals surface area (Å²) in [6.45, 7) is 2.27. The molecule has 6 heteroatoms. The molecule has 186 valence electrons. The van der Waals surface area contributed by atoms with E-state index in [0.29, 0.717) is 24.3 Å². The number of aliphatic carboxylic acids is 1. The molecule has 0 aliphatic rings. The van der Waals surface area contributed by atoms with Gasteiger partial charge in [0.1, 0.15) is 0 Å². The first-order valence-corrected chi connectivity index (χ1v) is 12.9. The molecule has 0 saturated heterocycles. The fraction of sp³-hybridized carbons (Fsp3) is 0.519. The zero-order valence-corrected chi connectivity index (χ0v) is 20.9. The van der Waals surface area contributed by atoms with E-state index in [-0.39, 0.29) is 11.9 Å². The molecule has 0 amide bonds. The first-order valence-electron chi connectivity index (χ1n) is 11.9. The van der Waals surface area contributed by atoms with Crippen LogP contribution in [0.5, 0.6) is 0 Å². The molecular formula is C27H43NO4S. The fourth-order valence-electron chi connectivity index (χ4n) is 3.30. The Morgan fingerprint density at radius 1 is 0.909 bits per heavy atom. The van der Waals surface area contributed by atoms with Crippen LogP contribution < -0.4 is 5.73 Å². The van der Waals surface area contributed by atoms with Gasteiger partial charge in [-0.05, 0) is 43.4 Å². The second kappa shape index (κ2) is 20.6. The van der Waals surface area contributed by atoms with E-state index in [1.54, 1.807) is 0 Å².